The molecule has 0 spiro atoms. The number of hydrogen-bond donors (Lipinski definition) is 0. The second-order valence-electron chi connectivity index (χ2n) is 1.63. The van der Waals surface area contributed by atoms with Gasteiger partial charge in [0.1, 0.15) is 0 Å². The Hall–Kier alpha value is 0.400. The lowest BCUT2D eigenvalue weighted by Gasteiger charge is -1.84. The van der Waals surface area contributed by atoms with E-state index in [4.69, 9.17) is 0 Å². The van der Waals surface area contributed by atoms with Crippen molar-refractivity contribution in [3.8, 4) is 0 Å². The van der Waals surface area contributed by atoms with Gasteiger partial charge in [0.05, 0.1) is 4.55 Å². The predicted molar refractivity (Wildman–Crippen MR) is 46.9 cm³/mol. The first-order chi connectivity index (χ1) is 3.91. The number of aliphatic imine (C=N–C) groups is 1. The minimum absolute atomic E-state index is 0.904. The number of unbranched alkanes of at least 4 members (excludes halogenated alkanes) is 2. The zero-order valence-electron chi connectivity index (χ0n) is 5.23. The van der Waals surface area contributed by atoms with E-state index in [1.54, 1.807) is 0 Å². The fourth-order valence-electron chi connectivity index (χ4n) is 0.435. The van der Waals surface area contributed by atoms with Crippen molar-refractivity contribution in [3.63, 3.8) is 0 Å². The molecule has 1 nitrogen and oxygen atoms in total. The van der Waals surface area contributed by atoms with E-state index in [9.17, 15) is 0 Å². The van der Waals surface area contributed by atoms with Crippen molar-refractivity contribution in [2.24, 2.45) is 4.99 Å². The number of rotatable bonds is 4. The van der Waals surface area contributed by atoms with Gasteiger partial charge in [0.25, 0.3) is 0 Å². The lowest BCUT2D eigenvalue weighted by atomic mass is 10.3. The second kappa shape index (κ2) is 7.40. The Kier molecular flexibility index (Phi) is 7.77. The van der Waals surface area contributed by atoms with Crippen LogP contribution in [0.3, 0.4) is 0 Å². The van der Waals surface area contributed by atoms with Crippen LogP contribution in [0.15, 0.2) is 4.99 Å². The molecule has 0 saturated heterocycles. The molecule has 0 rings (SSSR count). The zero-order chi connectivity index (χ0) is 6.24. The average molecular weight is 225 g/mol. The molecule has 0 heterocycles. The van der Waals surface area contributed by atoms with E-state index in [1.807, 2.05) is 6.21 Å². The molecule has 0 aliphatic heterocycles. The number of nitrogens with zero attached hydrogens (tertiary/aromatic N) is 1. The summed E-state index contributed by atoms with van der Waals surface area (Å²) in [6, 6.07) is 0. The maximum atomic E-state index is 4.07. The Balaban J connectivity index is 2.80. The molecule has 0 atom stereocenters. The molecule has 0 amide bonds. The maximum Gasteiger partial charge on any atom is 0.0900 e. The highest BCUT2D eigenvalue weighted by Gasteiger charge is 1.75. The summed E-state index contributed by atoms with van der Waals surface area (Å²) in [6.07, 6.45) is 5.71. The lowest BCUT2D eigenvalue weighted by molar-refractivity contribution is 0.842. The van der Waals surface area contributed by atoms with Gasteiger partial charge in [-0.25, -0.2) is 0 Å². The van der Waals surface area contributed by atoms with Crippen molar-refractivity contribution in [1.82, 2.24) is 0 Å². The van der Waals surface area contributed by atoms with Gasteiger partial charge in [-0.1, -0.05) is 35.9 Å². The summed E-state index contributed by atoms with van der Waals surface area (Å²) in [6.45, 7) is 2.19. The summed E-state index contributed by atoms with van der Waals surface area (Å²) in [4.78, 5) is 4.07. The van der Waals surface area contributed by atoms with Gasteiger partial charge in [-0.3, -0.25) is 4.99 Å². The Morgan fingerprint density at radius 2 is 2.38 bits per heavy atom. The highest BCUT2D eigenvalue weighted by Crippen LogP contribution is 1.90. The maximum absolute atomic E-state index is 4.07. The van der Waals surface area contributed by atoms with E-state index in [0.717, 1.165) is 11.0 Å². The molecule has 0 aromatic rings. The van der Waals surface area contributed by atoms with Crippen LogP contribution in [0.1, 0.15) is 26.2 Å². The highest BCUT2D eigenvalue weighted by molar-refractivity contribution is 14.1. The Labute approximate surface area is 64.7 Å². The van der Waals surface area contributed by atoms with Crippen LogP contribution in [0.5, 0.6) is 0 Å². The zero-order valence-corrected chi connectivity index (χ0v) is 7.39. The van der Waals surface area contributed by atoms with Gasteiger partial charge < -0.3 is 0 Å². The van der Waals surface area contributed by atoms with Gasteiger partial charge in [0, 0.05) is 0 Å². The topological polar surface area (TPSA) is 12.4 Å². The highest BCUT2D eigenvalue weighted by atomic mass is 127. The molecular formula is C6H12IN. The first-order valence-electron chi connectivity index (χ1n) is 2.96. The number of halogens is 1. The van der Waals surface area contributed by atoms with Gasteiger partial charge >= 0.3 is 0 Å². The Bertz CT molecular complexity index is 61.5. The molecule has 2 heteroatoms. The first-order valence-corrected chi connectivity index (χ1v) is 4.48. The van der Waals surface area contributed by atoms with Crippen LogP contribution < -0.4 is 0 Å². The molecule has 0 aliphatic carbocycles. The normalized spacial score (nSPS) is 10.8. The van der Waals surface area contributed by atoms with Crippen LogP contribution in [0.4, 0.5) is 0 Å². The monoisotopic (exact) mass is 225 g/mol. The van der Waals surface area contributed by atoms with Gasteiger partial charge in [-0.2, -0.15) is 0 Å². The van der Waals surface area contributed by atoms with Crippen molar-refractivity contribution >= 4 is 28.8 Å². The minimum atomic E-state index is 0.904. The Morgan fingerprint density at radius 3 is 2.88 bits per heavy atom. The van der Waals surface area contributed by atoms with Crippen molar-refractivity contribution in [1.29, 1.82) is 0 Å². The predicted octanol–water partition coefficient (Wildman–Crippen LogP) is 2.64. The minimum Gasteiger partial charge on any atom is -0.287 e. The summed E-state index contributed by atoms with van der Waals surface area (Å²) in [5, 5.41) is 0. The van der Waals surface area contributed by atoms with Crippen LogP contribution >= 0.6 is 22.6 Å². The van der Waals surface area contributed by atoms with Crippen molar-refractivity contribution in [2.75, 3.05) is 4.55 Å². The van der Waals surface area contributed by atoms with Crippen LogP contribution in [-0.4, -0.2) is 10.8 Å². The first kappa shape index (κ1) is 8.40. The second-order valence-corrected chi connectivity index (χ2v) is 2.31. The molecule has 0 aromatic heterocycles. The van der Waals surface area contributed by atoms with Gasteiger partial charge in [0.15, 0.2) is 0 Å². The summed E-state index contributed by atoms with van der Waals surface area (Å²) < 4.78 is 0.904. The van der Waals surface area contributed by atoms with Gasteiger partial charge in [0.2, 0.25) is 0 Å². The number of alkyl halides is 1. The molecule has 8 heavy (non-hydrogen) atoms. The summed E-state index contributed by atoms with van der Waals surface area (Å²) >= 11 is 2.24. The molecule has 0 N–H and O–H groups in total. The largest absolute Gasteiger partial charge is 0.287 e. The van der Waals surface area contributed by atoms with Crippen LogP contribution in [0, 0.1) is 0 Å². The summed E-state index contributed by atoms with van der Waals surface area (Å²) in [7, 11) is 0. The summed E-state index contributed by atoms with van der Waals surface area (Å²) in [5.41, 5.74) is 0. The molecule has 0 bridgehead atoms. The van der Waals surface area contributed by atoms with Gasteiger partial charge in [-0.05, 0) is 19.1 Å². The van der Waals surface area contributed by atoms with Crippen LogP contribution in [0.25, 0.3) is 0 Å². The van der Waals surface area contributed by atoms with E-state index in [-0.39, 0.29) is 0 Å². The van der Waals surface area contributed by atoms with Crippen LogP contribution in [-0.2, 0) is 0 Å². The molecule has 0 radical (unpaired) electrons. The Morgan fingerprint density at radius 1 is 1.62 bits per heavy atom. The fourth-order valence-corrected chi connectivity index (χ4v) is 0.714. The summed E-state index contributed by atoms with van der Waals surface area (Å²) in [5.74, 6) is 0. The molecule has 0 aromatic carbocycles. The SMILES string of the molecule is CCCCC=NCI. The van der Waals surface area contributed by atoms with Crippen molar-refractivity contribution < 1.29 is 0 Å². The smallest absolute Gasteiger partial charge is 0.0900 e. The number of hydrogen-bond acceptors (Lipinski definition) is 1. The lowest BCUT2D eigenvalue weighted by Crippen LogP contribution is -1.74. The van der Waals surface area contributed by atoms with E-state index in [0.29, 0.717) is 0 Å². The van der Waals surface area contributed by atoms with E-state index in [1.165, 1.54) is 12.8 Å². The molecular weight excluding hydrogens is 213 g/mol. The average Bonchev–Trinajstić information content (AvgIpc) is 1.81. The van der Waals surface area contributed by atoms with E-state index < -0.39 is 0 Å². The van der Waals surface area contributed by atoms with Crippen molar-refractivity contribution in [2.45, 2.75) is 26.2 Å². The van der Waals surface area contributed by atoms with Gasteiger partial charge in [-0.15, -0.1) is 0 Å². The molecule has 0 saturated carbocycles. The molecule has 0 aliphatic rings. The molecule has 0 unspecified atom stereocenters. The van der Waals surface area contributed by atoms with E-state index >= 15 is 0 Å². The molecule has 0 fully saturated rings. The third-order valence-corrected chi connectivity index (χ3v) is 1.28. The molecule has 48 valence electrons. The third-order valence-electron chi connectivity index (χ3n) is 0.885. The fraction of sp³-hybridized carbons (Fsp3) is 0.833. The third kappa shape index (κ3) is 6.40. The van der Waals surface area contributed by atoms with E-state index in [2.05, 4.69) is 34.5 Å². The van der Waals surface area contributed by atoms with Crippen molar-refractivity contribution in [3.05, 3.63) is 0 Å². The quantitative estimate of drug-likeness (QED) is 0.229. The standard InChI is InChI=1S/C6H12IN/c1-2-3-4-5-8-6-7/h5H,2-4,6H2,1H3. The van der Waals surface area contributed by atoms with Crippen LogP contribution in [0.2, 0.25) is 0 Å².